The van der Waals surface area contributed by atoms with E-state index in [9.17, 15) is 9.90 Å². The van der Waals surface area contributed by atoms with Crippen LogP contribution in [0.3, 0.4) is 0 Å². The van der Waals surface area contributed by atoms with Gasteiger partial charge >= 0.3 is 5.97 Å². The number of methoxy groups -OCH3 is 1. The molecule has 21 heavy (non-hydrogen) atoms. The number of ether oxygens (including phenoxy) is 1. The average Bonchev–Trinajstić information content (AvgIpc) is 2.53. The lowest BCUT2D eigenvalue weighted by Crippen LogP contribution is -2.01. The molecule has 0 fully saturated rings. The number of hydrogen-bond donors (Lipinski definition) is 1. The van der Waals surface area contributed by atoms with Gasteiger partial charge in [0, 0.05) is 17.3 Å². The van der Waals surface area contributed by atoms with Crippen molar-refractivity contribution >= 4 is 17.9 Å². The van der Waals surface area contributed by atoms with Crippen LogP contribution in [0.15, 0.2) is 47.5 Å². The van der Waals surface area contributed by atoms with Crippen molar-refractivity contribution in [3.05, 3.63) is 59.2 Å². The van der Waals surface area contributed by atoms with E-state index in [0.717, 1.165) is 5.56 Å². The summed E-state index contributed by atoms with van der Waals surface area (Å²) in [5.74, 6) is 2.08. The van der Waals surface area contributed by atoms with Crippen molar-refractivity contribution in [1.29, 1.82) is 0 Å². The Balaban J connectivity index is 2.32. The van der Waals surface area contributed by atoms with Crippen molar-refractivity contribution in [2.45, 2.75) is 0 Å². The minimum absolute atomic E-state index is 0.0273. The van der Waals surface area contributed by atoms with Gasteiger partial charge in [-0.3, -0.25) is 4.99 Å². The van der Waals surface area contributed by atoms with Crippen LogP contribution in [0.2, 0.25) is 0 Å². The van der Waals surface area contributed by atoms with Crippen LogP contribution < -0.4 is 0 Å². The lowest BCUT2D eigenvalue weighted by Gasteiger charge is -2.03. The Labute approximate surface area is 122 Å². The standard InChI is InChI=1S/C17H13NO3/c1-3-12-5-4-6-15(9-12)18-11-14-10-13(17(20)21-2)7-8-16(14)19/h1,4-11,19H,2H3. The molecule has 0 heterocycles. The molecule has 0 radical (unpaired) electrons. The number of nitrogens with zero attached hydrogens (tertiary/aromatic N) is 1. The predicted octanol–water partition coefficient (Wildman–Crippen LogP) is 2.91. The summed E-state index contributed by atoms with van der Waals surface area (Å²) in [5, 5.41) is 9.79. The number of esters is 1. The largest absolute Gasteiger partial charge is 0.507 e. The molecule has 2 rings (SSSR count). The maximum atomic E-state index is 11.5. The van der Waals surface area contributed by atoms with Gasteiger partial charge in [-0.1, -0.05) is 12.0 Å². The molecule has 2 aromatic rings. The number of hydrogen-bond acceptors (Lipinski definition) is 4. The number of rotatable bonds is 3. The molecule has 4 heteroatoms. The van der Waals surface area contributed by atoms with Gasteiger partial charge in [-0.2, -0.15) is 0 Å². The van der Waals surface area contributed by atoms with Gasteiger partial charge < -0.3 is 9.84 Å². The maximum absolute atomic E-state index is 11.5. The highest BCUT2D eigenvalue weighted by Gasteiger charge is 2.08. The zero-order valence-electron chi connectivity index (χ0n) is 11.4. The first-order chi connectivity index (χ1) is 10.1. The van der Waals surface area contributed by atoms with Crippen molar-refractivity contribution in [2.24, 2.45) is 4.99 Å². The summed E-state index contributed by atoms with van der Waals surface area (Å²) < 4.78 is 4.64. The average molecular weight is 279 g/mol. The summed E-state index contributed by atoms with van der Waals surface area (Å²) in [6, 6.07) is 11.6. The fourth-order valence-electron chi connectivity index (χ4n) is 1.72. The van der Waals surface area contributed by atoms with Crippen molar-refractivity contribution in [3.63, 3.8) is 0 Å². The summed E-state index contributed by atoms with van der Waals surface area (Å²) in [4.78, 5) is 15.7. The van der Waals surface area contributed by atoms with Gasteiger partial charge in [-0.05, 0) is 36.4 Å². The van der Waals surface area contributed by atoms with Crippen LogP contribution in [-0.2, 0) is 4.74 Å². The van der Waals surface area contributed by atoms with Crippen LogP contribution in [0, 0.1) is 12.3 Å². The van der Waals surface area contributed by atoms with E-state index in [-0.39, 0.29) is 5.75 Å². The highest BCUT2D eigenvalue weighted by molar-refractivity contribution is 5.94. The summed E-state index contributed by atoms with van der Waals surface area (Å²) in [6.45, 7) is 0. The maximum Gasteiger partial charge on any atom is 0.337 e. The summed E-state index contributed by atoms with van der Waals surface area (Å²) >= 11 is 0. The number of carbonyl (C=O) groups is 1. The van der Waals surface area contributed by atoms with Crippen LogP contribution in [0.5, 0.6) is 5.75 Å². The fraction of sp³-hybridized carbons (Fsp3) is 0.0588. The first-order valence-electron chi connectivity index (χ1n) is 6.16. The highest BCUT2D eigenvalue weighted by Crippen LogP contribution is 2.19. The fourth-order valence-corrected chi connectivity index (χ4v) is 1.72. The Morgan fingerprint density at radius 2 is 2.14 bits per heavy atom. The second-order valence-electron chi connectivity index (χ2n) is 4.22. The molecule has 0 aliphatic heterocycles. The molecule has 2 aromatic carbocycles. The zero-order valence-corrected chi connectivity index (χ0v) is 11.4. The number of aromatic hydroxyl groups is 1. The molecule has 0 aliphatic carbocycles. The van der Waals surface area contributed by atoms with E-state index >= 15 is 0 Å². The van der Waals surface area contributed by atoms with E-state index in [1.807, 2.05) is 0 Å². The van der Waals surface area contributed by atoms with Crippen LogP contribution in [-0.4, -0.2) is 24.4 Å². The van der Waals surface area contributed by atoms with E-state index in [1.165, 1.54) is 31.5 Å². The highest BCUT2D eigenvalue weighted by atomic mass is 16.5. The molecule has 0 aliphatic rings. The lowest BCUT2D eigenvalue weighted by molar-refractivity contribution is 0.0600. The minimum atomic E-state index is -0.473. The molecule has 0 atom stereocenters. The number of benzene rings is 2. The summed E-state index contributed by atoms with van der Waals surface area (Å²) in [5.41, 5.74) is 2.14. The van der Waals surface area contributed by atoms with E-state index in [0.29, 0.717) is 16.8 Å². The Bertz CT molecular complexity index is 742. The first kappa shape index (κ1) is 14.4. The summed E-state index contributed by atoms with van der Waals surface area (Å²) in [6.07, 6.45) is 6.79. The monoisotopic (exact) mass is 279 g/mol. The SMILES string of the molecule is C#Cc1cccc(N=Cc2cc(C(=O)OC)ccc2O)c1. The quantitative estimate of drug-likeness (QED) is 0.534. The van der Waals surface area contributed by atoms with Crippen LogP contribution >= 0.6 is 0 Å². The van der Waals surface area contributed by atoms with Crippen molar-refractivity contribution in [3.8, 4) is 18.1 Å². The van der Waals surface area contributed by atoms with E-state index < -0.39 is 5.97 Å². The molecule has 1 N–H and O–H groups in total. The molecule has 0 saturated carbocycles. The summed E-state index contributed by atoms with van der Waals surface area (Å²) in [7, 11) is 1.30. The third-order valence-corrected chi connectivity index (χ3v) is 2.81. The Kier molecular flexibility index (Phi) is 4.37. The van der Waals surface area contributed by atoms with Crippen LogP contribution in [0.25, 0.3) is 0 Å². The second-order valence-corrected chi connectivity index (χ2v) is 4.22. The smallest absolute Gasteiger partial charge is 0.337 e. The Morgan fingerprint density at radius 1 is 1.33 bits per heavy atom. The molecule has 0 unspecified atom stereocenters. The molecule has 0 saturated heterocycles. The van der Waals surface area contributed by atoms with E-state index in [2.05, 4.69) is 15.6 Å². The lowest BCUT2D eigenvalue weighted by atomic mass is 10.1. The van der Waals surface area contributed by atoms with E-state index in [1.54, 1.807) is 24.3 Å². The number of phenolic OH excluding ortho intramolecular Hbond substituents is 1. The Morgan fingerprint density at radius 3 is 2.86 bits per heavy atom. The molecule has 4 nitrogen and oxygen atoms in total. The van der Waals surface area contributed by atoms with E-state index in [4.69, 9.17) is 6.42 Å². The van der Waals surface area contributed by atoms with Crippen molar-refractivity contribution < 1.29 is 14.6 Å². The molecular weight excluding hydrogens is 266 g/mol. The topological polar surface area (TPSA) is 58.9 Å². The second kappa shape index (κ2) is 6.40. The van der Waals surface area contributed by atoms with Gasteiger partial charge in [-0.15, -0.1) is 6.42 Å². The predicted molar refractivity (Wildman–Crippen MR) is 81.1 cm³/mol. The number of terminal acetylenes is 1. The van der Waals surface area contributed by atoms with Gasteiger partial charge in [0.2, 0.25) is 0 Å². The number of aliphatic imine (C=N–C) groups is 1. The molecule has 0 aromatic heterocycles. The first-order valence-corrected chi connectivity index (χ1v) is 6.16. The van der Waals surface area contributed by atoms with Gasteiger partial charge in [0.15, 0.2) is 0 Å². The molecular formula is C17H13NO3. The third-order valence-electron chi connectivity index (χ3n) is 2.81. The normalized spacial score (nSPS) is 10.3. The van der Waals surface area contributed by atoms with Crippen molar-refractivity contribution in [1.82, 2.24) is 0 Å². The Hall–Kier alpha value is -3.06. The van der Waals surface area contributed by atoms with Gasteiger partial charge in [-0.25, -0.2) is 4.79 Å². The molecule has 0 spiro atoms. The molecule has 0 amide bonds. The van der Waals surface area contributed by atoms with Crippen LogP contribution in [0.4, 0.5) is 5.69 Å². The molecule has 0 bridgehead atoms. The minimum Gasteiger partial charge on any atom is -0.507 e. The van der Waals surface area contributed by atoms with Gasteiger partial charge in [0.05, 0.1) is 18.4 Å². The van der Waals surface area contributed by atoms with Crippen LogP contribution in [0.1, 0.15) is 21.5 Å². The number of carbonyl (C=O) groups excluding carboxylic acids is 1. The van der Waals surface area contributed by atoms with Gasteiger partial charge in [0.1, 0.15) is 5.75 Å². The third kappa shape index (κ3) is 3.48. The van der Waals surface area contributed by atoms with Gasteiger partial charge in [0.25, 0.3) is 0 Å². The zero-order chi connectivity index (χ0) is 15.2. The molecule has 104 valence electrons. The van der Waals surface area contributed by atoms with Crippen molar-refractivity contribution in [2.75, 3.05) is 7.11 Å². The number of phenols is 1.